The Bertz CT molecular complexity index is 589. The summed E-state index contributed by atoms with van der Waals surface area (Å²) in [6.45, 7) is -1.03. The molecule has 0 radical (unpaired) electrons. The second kappa shape index (κ2) is 5.49. The quantitative estimate of drug-likeness (QED) is 0.784. The molecule has 1 rings (SSSR count). The van der Waals surface area contributed by atoms with Gasteiger partial charge < -0.3 is 10.8 Å². The molecule has 106 valence electrons. The monoisotopic (exact) mass is 294 g/mol. The SMILES string of the molecule is CN(CC(F)F)S(=O)(=O)c1cc(N)ccc1C(=O)O. The minimum absolute atomic E-state index is 0.0222. The van der Waals surface area contributed by atoms with Gasteiger partial charge in [0.15, 0.2) is 0 Å². The molecular formula is C10H12F2N2O4S. The third kappa shape index (κ3) is 3.38. The van der Waals surface area contributed by atoms with Gasteiger partial charge in [-0.2, -0.15) is 4.31 Å². The second-order valence-electron chi connectivity index (χ2n) is 3.74. The normalized spacial score (nSPS) is 12.1. The van der Waals surface area contributed by atoms with Gasteiger partial charge in [-0.3, -0.25) is 0 Å². The molecule has 0 saturated heterocycles. The fourth-order valence-corrected chi connectivity index (χ4v) is 2.75. The number of alkyl halides is 2. The van der Waals surface area contributed by atoms with Gasteiger partial charge in [0.2, 0.25) is 10.0 Å². The van der Waals surface area contributed by atoms with Crippen molar-refractivity contribution in [2.45, 2.75) is 11.3 Å². The third-order valence-electron chi connectivity index (χ3n) is 2.32. The van der Waals surface area contributed by atoms with E-state index in [1.807, 2.05) is 0 Å². The lowest BCUT2D eigenvalue weighted by molar-refractivity contribution is 0.0692. The Morgan fingerprint density at radius 3 is 2.53 bits per heavy atom. The molecule has 9 heteroatoms. The van der Waals surface area contributed by atoms with E-state index in [0.29, 0.717) is 4.31 Å². The number of nitrogen functional groups attached to an aromatic ring is 1. The number of halogens is 2. The van der Waals surface area contributed by atoms with E-state index in [0.717, 1.165) is 19.2 Å². The summed E-state index contributed by atoms with van der Waals surface area (Å²) in [5.74, 6) is -1.48. The van der Waals surface area contributed by atoms with Crippen LogP contribution >= 0.6 is 0 Å². The van der Waals surface area contributed by atoms with E-state index in [-0.39, 0.29) is 5.69 Å². The van der Waals surface area contributed by atoms with Crippen LogP contribution in [0.4, 0.5) is 14.5 Å². The molecule has 0 amide bonds. The molecular weight excluding hydrogens is 282 g/mol. The fraction of sp³-hybridized carbons (Fsp3) is 0.300. The van der Waals surface area contributed by atoms with E-state index in [4.69, 9.17) is 10.8 Å². The smallest absolute Gasteiger partial charge is 0.337 e. The Labute approximate surface area is 108 Å². The predicted octanol–water partition coefficient (Wildman–Crippen LogP) is 0.853. The minimum atomic E-state index is -4.34. The molecule has 6 nitrogen and oxygen atoms in total. The molecule has 19 heavy (non-hydrogen) atoms. The highest BCUT2D eigenvalue weighted by Crippen LogP contribution is 2.22. The molecule has 0 aliphatic heterocycles. The van der Waals surface area contributed by atoms with Crippen molar-refractivity contribution < 1.29 is 27.1 Å². The highest BCUT2D eigenvalue weighted by atomic mass is 32.2. The van der Waals surface area contributed by atoms with Crippen molar-refractivity contribution in [1.82, 2.24) is 4.31 Å². The number of sulfonamides is 1. The number of aromatic carboxylic acids is 1. The van der Waals surface area contributed by atoms with Crippen molar-refractivity contribution >= 4 is 21.7 Å². The Balaban J connectivity index is 3.35. The number of nitrogens with zero attached hydrogens (tertiary/aromatic N) is 1. The number of benzene rings is 1. The highest BCUT2D eigenvalue weighted by Gasteiger charge is 2.28. The summed E-state index contributed by atoms with van der Waals surface area (Å²) in [7, 11) is -3.40. The van der Waals surface area contributed by atoms with Crippen LogP contribution in [0, 0.1) is 0 Å². The maximum atomic E-state index is 12.2. The van der Waals surface area contributed by atoms with Crippen molar-refractivity contribution in [2.75, 3.05) is 19.3 Å². The van der Waals surface area contributed by atoms with Gasteiger partial charge in [0.25, 0.3) is 6.43 Å². The van der Waals surface area contributed by atoms with Crippen LogP contribution < -0.4 is 5.73 Å². The number of hydrogen-bond donors (Lipinski definition) is 2. The molecule has 3 N–H and O–H groups in total. The van der Waals surface area contributed by atoms with Crippen molar-refractivity contribution in [3.05, 3.63) is 23.8 Å². The van der Waals surface area contributed by atoms with E-state index in [1.165, 1.54) is 6.07 Å². The van der Waals surface area contributed by atoms with E-state index >= 15 is 0 Å². The summed E-state index contributed by atoms with van der Waals surface area (Å²) in [5.41, 5.74) is 4.91. The van der Waals surface area contributed by atoms with Crippen molar-refractivity contribution in [2.24, 2.45) is 0 Å². The van der Waals surface area contributed by atoms with Gasteiger partial charge >= 0.3 is 5.97 Å². The van der Waals surface area contributed by atoms with Crippen LogP contribution in [0.1, 0.15) is 10.4 Å². The number of nitrogens with two attached hydrogens (primary N) is 1. The van der Waals surface area contributed by atoms with Crippen LogP contribution in [0.5, 0.6) is 0 Å². The molecule has 0 atom stereocenters. The highest BCUT2D eigenvalue weighted by molar-refractivity contribution is 7.89. The van der Waals surface area contributed by atoms with Crippen molar-refractivity contribution in [1.29, 1.82) is 0 Å². The van der Waals surface area contributed by atoms with Crippen LogP contribution in [-0.4, -0.2) is 43.8 Å². The predicted molar refractivity (Wildman–Crippen MR) is 63.6 cm³/mol. The first kappa shape index (κ1) is 15.3. The molecule has 0 bridgehead atoms. The van der Waals surface area contributed by atoms with Crippen LogP contribution in [0.2, 0.25) is 0 Å². The topological polar surface area (TPSA) is 101 Å². The van der Waals surface area contributed by atoms with Gasteiger partial charge in [0, 0.05) is 12.7 Å². The molecule has 0 aromatic heterocycles. The van der Waals surface area contributed by atoms with E-state index in [2.05, 4.69) is 0 Å². The molecule has 1 aromatic rings. The van der Waals surface area contributed by atoms with E-state index in [9.17, 15) is 22.0 Å². The van der Waals surface area contributed by atoms with Crippen LogP contribution in [0.3, 0.4) is 0 Å². The minimum Gasteiger partial charge on any atom is -0.478 e. The average molecular weight is 294 g/mol. The number of carboxylic acids is 1. The fourth-order valence-electron chi connectivity index (χ4n) is 1.39. The first-order valence-electron chi connectivity index (χ1n) is 5.03. The van der Waals surface area contributed by atoms with Crippen molar-refractivity contribution in [3.8, 4) is 0 Å². The first-order chi connectivity index (χ1) is 8.66. The summed E-state index contributed by atoms with van der Waals surface area (Å²) in [6, 6.07) is 3.16. The molecule has 0 saturated carbocycles. The Hall–Kier alpha value is -1.74. The molecule has 0 aliphatic carbocycles. The lowest BCUT2D eigenvalue weighted by Crippen LogP contribution is -2.32. The number of carbonyl (C=O) groups is 1. The molecule has 0 spiro atoms. The van der Waals surface area contributed by atoms with Crippen molar-refractivity contribution in [3.63, 3.8) is 0 Å². The average Bonchev–Trinajstić information content (AvgIpc) is 2.27. The maximum Gasteiger partial charge on any atom is 0.337 e. The molecule has 0 fully saturated rings. The standard InChI is InChI=1S/C10H12F2N2O4S/c1-14(5-9(11)12)19(17,18)8-4-6(13)2-3-7(8)10(15)16/h2-4,9H,5,13H2,1H3,(H,15,16). The summed E-state index contributed by atoms with van der Waals surface area (Å²) < 4.78 is 48.9. The number of anilines is 1. The van der Waals surface area contributed by atoms with Gasteiger partial charge in [-0.1, -0.05) is 0 Å². The number of hydrogen-bond acceptors (Lipinski definition) is 4. The van der Waals surface area contributed by atoms with Gasteiger partial charge in [0.1, 0.15) is 0 Å². The lowest BCUT2D eigenvalue weighted by Gasteiger charge is -2.18. The molecule has 0 unspecified atom stereocenters. The van der Waals surface area contributed by atoms with Gasteiger partial charge in [-0.15, -0.1) is 0 Å². The Morgan fingerprint density at radius 1 is 1.47 bits per heavy atom. The van der Waals surface area contributed by atoms with Gasteiger partial charge in [-0.05, 0) is 18.2 Å². The molecule has 0 heterocycles. The van der Waals surface area contributed by atoms with Crippen LogP contribution in [-0.2, 0) is 10.0 Å². The Kier molecular flexibility index (Phi) is 4.43. The summed E-state index contributed by atoms with van der Waals surface area (Å²) in [6.07, 6.45) is -2.87. The third-order valence-corrected chi connectivity index (χ3v) is 4.18. The molecule has 1 aromatic carbocycles. The van der Waals surface area contributed by atoms with E-state index in [1.54, 1.807) is 0 Å². The maximum absolute atomic E-state index is 12.2. The summed E-state index contributed by atoms with van der Waals surface area (Å²) in [4.78, 5) is 10.3. The van der Waals surface area contributed by atoms with Crippen LogP contribution in [0.15, 0.2) is 23.1 Å². The van der Waals surface area contributed by atoms with Crippen LogP contribution in [0.25, 0.3) is 0 Å². The number of carboxylic acid groups (broad SMARTS) is 1. The van der Waals surface area contributed by atoms with E-state index < -0.39 is 39.4 Å². The summed E-state index contributed by atoms with van der Waals surface area (Å²) in [5, 5.41) is 8.91. The lowest BCUT2D eigenvalue weighted by atomic mass is 10.2. The molecule has 0 aliphatic rings. The number of rotatable bonds is 5. The zero-order valence-electron chi connectivity index (χ0n) is 9.88. The Morgan fingerprint density at radius 2 is 2.05 bits per heavy atom. The van der Waals surface area contributed by atoms with Gasteiger partial charge in [0.05, 0.1) is 17.0 Å². The summed E-state index contributed by atoms with van der Waals surface area (Å²) >= 11 is 0. The zero-order valence-corrected chi connectivity index (χ0v) is 10.7. The largest absolute Gasteiger partial charge is 0.478 e. The zero-order chi connectivity index (χ0) is 14.8. The first-order valence-corrected chi connectivity index (χ1v) is 6.47. The van der Waals surface area contributed by atoms with Gasteiger partial charge in [-0.25, -0.2) is 22.0 Å². The second-order valence-corrected chi connectivity index (χ2v) is 5.75.